The molecule has 1 saturated heterocycles. The molecular formula is C13H18FN3O. The van der Waals surface area contributed by atoms with Crippen molar-refractivity contribution in [2.45, 2.75) is 18.9 Å². The minimum atomic E-state index is -0.797. The van der Waals surface area contributed by atoms with E-state index in [4.69, 9.17) is 5.73 Å². The van der Waals surface area contributed by atoms with Gasteiger partial charge in [-0.2, -0.15) is 0 Å². The van der Waals surface area contributed by atoms with Crippen LogP contribution in [0, 0.1) is 12.7 Å². The van der Waals surface area contributed by atoms with E-state index in [1.54, 1.807) is 0 Å². The Labute approximate surface area is 106 Å². The van der Waals surface area contributed by atoms with E-state index < -0.39 is 11.4 Å². The first-order valence-electron chi connectivity index (χ1n) is 5.95. The molecule has 0 radical (unpaired) electrons. The fourth-order valence-electron chi connectivity index (χ4n) is 2.45. The van der Waals surface area contributed by atoms with Crippen LogP contribution in [0.1, 0.15) is 12.0 Å². The lowest BCUT2D eigenvalue weighted by molar-refractivity contribution is -0.121. The quantitative estimate of drug-likeness (QED) is 0.846. The van der Waals surface area contributed by atoms with Gasteiger partial charge >= 0.3 is 0 Å². The molecule has 1 heterocycles. The smallest absolute Gasteiger partial charge is 0.244 e. The zero-order valence-corrected chi connectivity index (χ0v) is 10.7. The second-order valence-corrected chi connectivity index (χ2v) is 5.08. The molecule has 0 bridgehead atoms. The Bertz CT molecular complexity index is 457. The summed E-state index contributed by atoms with van der Waals surface area (Å²) >= 11 is 0. The van der Waals surface area contributed by atoms with Gasteiger partial charge in [0.25, 0.3) is 0 Å². The second kappa shape index (κ2) is 4.57. The van der Waals surface area contributed by atoms with Gasteiger partial charge in [-0.25, -0.2) is 4.39 Å². The third kappa shape index (κ3) is 2.46. The van der Waals surface area contributed by atoms with Crippen molar-refractivity contribution in [1.82, 2.24) is 4.90 Å². The van der Waals surface area contributed by atoms with Crippen LogP contribution in [0.25, 0.3) is 0 Å². The standard InChI is InChI=1S/C13H18FN3O/c1-9-5-10(14)7-11(6-9)16-13(12(15)18)3-4-17(2)8-13/h5-7,16H,3-4,8H2,1-2H3,(H2,15,18). The van der Waals surface area contributed by atoms with Crippen LogP contribution in [0.15, 0.2) is 18.2 Å². The molecule has 1 atom stereocenters. The number of nitrogens with zero attached hydrogens (tertiary/aromatic N) is 1. The van der Waals surface area contributed by atoms with E-state index in [2.05, 4.69) is 5.32 Å². The minimum Gasteiger partial charge on any atom is -0.370 e. The average Bonchev–Trinajstić information content (AvgIpc) is 2.59. The lowest BCUT2D eigenvalue weighted by Crippen LogP contribution is -2.52. The molecule has 3 N–H and O–H groups in total. The van der Waals surface area contributed by atoms with Crippen LogP contribution in [0.3, 0.4) is 0 Å². The van der Waals surface area contributed by atoms with Crippen LogP contribution in [-0.4, -0.2) is 36.5 Å². The van der Waals surface area contributed by atoms with Crippen molar-refractivity contribution in [3.05, 3.63) is 29.6 Å². The van der Waals surface area contributed by atoms with Gasteiger partial charge < -0.3 is 16.0 Å². The van der Waals surface area contributed by atoms with Gasteiger partial charge in [-0.15, -0.1) is 0 Å². The molecular weight excluding hydrogens is 233 g/mol. The number of aryl methyl sites for hydroxylation is 1. The third-order valence-electron chi connectivity index (χ3n) is 3.36. The van der Waals surface area contributed by atoms with E-state index in [1.807, 2.05) is 24.9 Å². The number of halogens is 1. The summed E-state index contributed by atoms with van der Waals surface area (Å²) in [4.78, 5) is 13.7. The summed E-state index contributed by atoms with van der Waals surface area (Å²) in [6.07, 6.45) is 0.633. The molecule has 0 aromatic heterocycles. The topological polar surface area (TPSA) is 58.4 Å². The molecule has 98 valence electrons. The Hall–Kier alpha value is -1.62. The van der Waals surface area contributed by atoms with Gasteiger partial charge in [0.2, 0.25) is 5.91 Å². The third-order valence-corrected chi connectivity index (χ3v) is 3.36. The number of likely N-dealkylation sites (tertiary alicyclic amines) is 1. The van der Waals surface area contributed by atoms with Crippen LogP contribution >= 0.6 is 0 Å². The van der Waals surface area contributed by atoms with Crippen molar-refractivity contribution in [2.75, 3.05) is 25.5 Å². The first kappa shape index (κ1) is 12.8. The number of primary amides is 1. The van der Waals surface area contributed by atoms with Crippen LogP contribution in [0.4, 0.5) is 10.1 Å². The van der Waals surface area contributed by atoms with Crippen molar-refractivity contribution in [3.8, 4) is 0 Å². The summed E-state index contributed by atoms with van der Waals surface area (Å²) in [6, 6.07) is 4.64. The SMILES string of the molecule is Cc1cc(F)cc(NC2(C(N)=O)CCN(C)C2)c1. The molecule has 0 spiro atoms. The molecule has 0 aliphatic carbocycles. The predicted octanol–water partition coefficient (Wildman–Crippen LogP) is 1.11. The highest BCUT2D eigenvalue weighted by molar-refractivity contribution is 5.88. The maximum atomic E-state index is 13.3. The fraction of sp³-hybridized carbons (Fsp3) is 0.462. The monoisotopic (exact) mass is 251 g/mol. The summed E-state index contributed by atoms with van der Waals surface area (Å²) in [5.74, 6) is -0.711. The summed E-state index contributed by atoms with van der Waals surface area (Å²) in [5.41, 5.74) is 6.11. The number of hydrogen-bond donors (Lipinski definition) is 2. The molecule has 1 aliphatic heterocycles. The molecule has 1 fully saturated rings. The van der Waals surface area contributed by atoms with Gasteiger partial charge in [-0.1, -0.05) is 0 Å². The summed E-state index contributed by atoms with van der Waals surface area (Å²) < 4.78 is 13.3. The Balaban J connectivity index is 2.27. The number of hydrogen-bond acceptors (Lipinski definition) is 3. The van der Waals surface area contributed by atoms with Gasteiger partial charge in [0, 0.05) is 18.8 Å². The van der Waals surface area contributed by atoms with E-state index in [9.17, 15) is 9.18 Å². The van der Waals surface area contributed by atoms with Crippen molar-refractivity contribution in [3.63, 3.8) is 0 Å². The van der Waals surface area contributed by atoms with Crippen molar-refractivity contribution < 1.29 is 9.18 Å². The molecule has 4 nitrogen and oxygen atoms in total. The largest absolute Gasteiger partial charge is 0.370 e. The maximum Gasteiger partial charge on any atom is 0.244 e. The molecule has 1 unspecified atom stereocenters. The fourth-order valence-corrected chi connectivity index (χ4v) is 2.45. The zero-order valence-electron chi connectivity index (χ0n) is 10.7. The van der Waals surface area contributed by atoms with E-state index in [0.717, 1.165) is 12.1 Å². The first-order chi connectivity index (χ1) is 8.41. The van der Waals surface area contributed by atoms with Gasteiger partial charge in [-0.3, -0.25) is 4.79 Å². The van der Waals surface area contributed by atoms with Gasteiger partial charge in [0.1, 0.15) is 11.4 Å². The van der Waals surface area contributed by atoms with E-state index in [1.165, 1.54) is 12.1 Å². The number of likely N-dealkylation sites (N-methyl/N-ethyl adjacent to an activating group) is 1. The normalized spacial score (nSPS) is 24.2. The Morgan fingerprint density at radius 1 is 1.50 bits per heavy atom. The Morgan fingerprint density at radius 3 is 2.72 bits per heavy atom. The number of amides is 1. The van der Waals surface area contributed by atoms with Crippen molar-refractivity contribution in [1.29, 1.82) is 0 Å². The van der Waals surface area contributed by atoms with Crippen LogP contribution in [-0.2, 0) is 4.79 Å². The van der Waals surface area contributed by atoms with Gasteiger partial charge in [0.15, 0.2) is 0 Å². The van der Waals surface area contributed by atoms with Crippen LogP contribution in [0.5, 0.6) is 0 Å². The van der Waals surface area contributed by atoms with E-state index in [-0.39, 0.29) is 5.82 Å². The Morgan fingerprint density at radius 2 is 2.22 bits per heavy atom. The number of anilines is 1. The number of nitrogens with two attached hydrogens (primary N) is 1. The summed E-state index contributed by atoms with van der Waals surface area (Å²) in [6.45, 7) is 3.15. The number of rotatable bonds is 3. The number of nitrogens with one attached hydrogen (secondary N) is 1. The van der Waals surface area contributed by atoms with Crippen LogP contribution < -0.4 is 11.1 Å². The second-order valence-electron chi connectivity index (χ2n) is 5.08. The highest BCUT2D eigenvalue weighted by Crippen LogP contribution is 2.26. The summed E-state index contributed by atoms with van der Waals surface area (Å²) in [5, 5.41) is 3.11. The number of carbonyl (C=O) groups is 1. The first-order valence-corrected chi connectivity index (χ1v) is 5.95. The molecule has 1 aliphatic rings. The Kier molecular flexibility index (Phi) is 3.26. The highest BCUT2D eigenvalue weighted by atomic mass is 19.1. The molecule has 1 aromatic carbocycles. The molecule has 18 heavy (non-hydrogen) atoms. The predicted molar refractivity (Wildman–Crippen MR) is 68.8 cm³/mol. The molecule has 0 saturated carbocycles. The van der Waals surface area contributed by atoms with Crippen molar-refractivity contribution >= 4 is 11.6 Å². The highest BCUT2D eigenvalue weighted by Gasteiger charge is 2.42. The lowest BCUT2D eigenvalue weighted by atomic mass is 9.97. The minimum absolute atomic E-state index is 0.316. The molecule has 1 aromatic rings. The molecule has 2 rings (SSSR count). The zero-order chi connectivity index (χ0) is 13.3. The summed E-state index contributed by atoms with van der Waals surface area (Å²) in [7, 11) is 1.93. The van der Waals surface area contributed by atoms with Crippen molar-refractivity contribution in [2.24, 2.45) is 5.73 Å². The average molecular weight is 251 g/mol. The van der Waals surface area contributed by atoms with E-state index >= 15 is 0 Å². The van der Waals surface area contributed by atoms with Gasteiger partial charge in [0.05, 0.1) is 0 Å². The number of carbonyl (C=O) groups excluding carboxylic acids is 1. The number of benzene rings is 1. The lowest BCUT2D eigenvalue weighted by Gasteiger charge is -2.28. The molecule has 1 amide bonds. The maximum absolute atomic E-state index is 13.3. The van der Waals surface area contributed by atoms with Gasteiger partial charge in [-0.05, 0) is 44.2 Å². The molecule has 5 heteroatoms. The van der Waals surface area contributed by atoms with E-state index in [0.29, 0.717) is 18.7 Å². The van der Waals surface area contributed by atoms with Crippen LogP contribution in [0.2, 0.25) is 0 Å².